The van der Waals surface area contributed by atoms with Crippen molar-refractivity contribution in [1.29, 1.82) is 0 Å². The highest BCUT2D eigenvalue weighted by Gasteiger charge is 2.19. The van der Waals surface area contributed by atoms with Crippen LogP contribution >= 0.6 is 0 Å². The van der Waals surface area contributed by atoms with E-state index in [0.717, 1.165) is 12.1 Å². The van der Waals surface area contributed by atoms with Crippen molar-refractivity contribution in [2.75, 3.05) is 0 Å². The van der Waals surface area contributed by atoms with Gasteiger partial charge in [-0.05, 0) is 25.0 Å². The summed E-state index contributed by atoms with van der Waals surface area (Å²) in [5.74, 6) is -0.260. The maximum absolute atomic E-state index is 10.7. The highest BCUT2D eigenvalue weighted by atomic mass is 32.3. The van der Waals surface area contributed by atoms with E-state index in [9.17, 15) is 16.8 Å². The topological polar surface area (TPSA) is 197 Å². The SMILES string of the molecule is CCc1c(OS(=O)(=O)O)ccc(OS(=O)(=O)O)c1CC.N.N. The minimum absolute atomic E-state index is 0. The first-order chi connectivity index (χ1) is 9.07. The standard InChI is InChI=1S/C10H14O8S2.2H3N/c1-3-7-8(4-2)10(18-20(14,15)16)6-5-9(7)17-19(11,12)13;;/h5-6H,3-4H2,1-2H3,(H,11,12,13)(H,14,15,16);2*1H3. The van der Waals surface area contributed by atoms with Crippen LogP contribution in [0.15, 0.2) is 12.1 Å². The molecule has 0 aliphatic heterocycles. The van der Waals surface area contributed by atoms with Crippen molar-refractivity contribution in [3.05, 3.63) is 23.3 Å². The second-order valence-electron chi connectivity index (χ2n) is 3.75. The molecule has 0 radical (unpaired) electrons. The molecule has 0 bridgehead atoms. The Hall–Kier alpha value is -1.44. The van der Waals surface area contributed by atoms with Gasteiger partial charge in [-0.3, -0.25) is 9.11 Å². The van der Waals surface area contributed by atoms with Crippen LogP contribution < -0.4 is 20.7 Å². The van der Waals surface area contributed by atoms with E-state index in [1.807, 2.05) is 0 Å². The van der Waals surface area contributed by atoms with Crippen molar-refractivity contribution in [3.8, 4) is 11.5 Å². The molecule has 130 valence electrons. The highest BCUT2D eigenvalue weighted by Crippen LogP contribution is 2.32. The predicted octanol–water partition coefficient (Wildman–Crippen LogP) is 1.50. The molecule has 1 rings (SSSR count). The Kier molecular flexibility index (Phi) is 8.57. The molecule has 8 N–H and O–H groups in total. The molecule has 1 aromatic rings. The molecule has 0 heterocycles. The van der Waals surface area contributed by atoms with Gasteiger partial charge in [-0.15, -0.1) is 0 Å². The van der Waals surface area contributed by atoms with E-state index in [4.69, 9.17) is 9.11 Å². The van der Waals surface area contributed by atoms with Crippen LogP contribution in [0.1, 0.15) is 25.0 Å². The smallest absolute Gasteiger partial charge is 0.361 e. The summed E-state index contributed by atoms with van der Waals surface area (Å²) in [6.45, 7) is 3.37. The zero-order valence-electron chi connectivity index (χ0n) is 12.1. The number of benzene rings is 1. The molecule has 0 saturated carbocycles. The van der Waals surface area contributed by atoms with Gasteiger partial charge in [-0.1, -0.05) is 13.8 Å². The van der Waals surface area contributed by atoms with Crippen molar-refractivity contribution in [2.24, 2.45) is 0 Å². The highest BCUT2D eigenvalue weighted by molar-refractivity contribution is 7.81. The first-order valence-corrected chi connectivity index (χ1v) is 8.29. The molecule has 10 nitrogen and oxygen atoms in total. The molecule has 12 heteroatoms. The molecule has 0 aliphatic carbocycles. The quantitative estimate of drug-likeness (QED) is 0.539. The fourth-order valence-electron chi connectivity index (χ4n) is 1.81. The second kappa shape index (κ2) is 8.26. The third kappa shape index (κ3) is 6.55. The summed E-state index contributed by atoms with van der Waals surface area (Å²) >= 11 is 0. The maximum Gasteiger partial charge on any atom is 0.446 e. The summed E-state index contributed by atoms with van der Waals surface area (Å²) in [6, 6.07) is 2.26. The molecule has 0 fully saturated rings. The summed E-state index contributed by atoms with van der Waals surface area (Å²) in [7, 11) is -9.38. The van der Waals surface area contributed by atoms with E-state index < -0.39 is 20.8 Å². The van der Waals surface area contributed by atoms with E-state index in [2.05, 4.69) is 8.37 Å². The van der Waals surface area contributed by atoms with Gasteiger partial charge in [0.1, 0.15) is 11.5 Å². The van der Waals surface area contributed by atoms with Gasteiger partial charge in [0.15, 0.2) is 0 Å². The van der Waals surface area contributed by atoms with Gasteiger partial charge in [0.2, 0.25) is 0 Å². The summed E-state index contributed by atoms with van der Waals surface area (Å²) in [5.41, 5.74) is 0.706. The minimum Gasteiger partial charge on any atom is -0.361 e. The molecule has 0 aromatic heterocycles. The van der Waals surface area contributed by atoms with Crippen molar-refractivity contribution in [3.63, 3.8) is 0 Å². The van der Waals surface area contributed by atoms with Crippen LogP contribution in [0.3, 0.4) is 0 Å². The van der Waals surface area contributed by atoms with Gasteiger partial charge < -0.3 is 20.7 Å². The van der Waals surface area contributed by atoms with Crippen LogP contribution in [-0.2, 0) is 33.6 Å². The Labute approximate surface area is 129 Å². The van der Waals surface area contributed by atoms with E-state index in [1.54, 1.807) is 13.8 Å². The summed E-state index contributed by atoms with van der Waals surface area (Å²) in [5, 5.41) is 0. The largest absolute Gasteiger partial charge is 0.446 e. The van der Waals surface area contributed by atoms with Gasteiger partial charge in [-0.2, -0.15) is 16.8 Å². The van der Waals surface area contributed by atoms with Crippen LogP contribution in [0.5, 0.6) is 11.5 Å². The predicted molar refractivity (Wildman–Crippen MR) is 79.6 cm³/mol. The third-order valence-electron chi connectivity index (χ3n) is 2.44. The third-order valence-corrected chi connectivity index (χ3v) is 3.22. The molecule has 0 aliphatic rings. The van der Waals surface area contributed by atoms with E-state index >= 15 is 0 Å². The van der Waals surface area contributed by atoms with Crippen LogP contribution in [-0.4, -0.2) is 25.9 Å². The van der Waals surface area contributed by atoms with E-state index in [0.29, 0.717) is 24.0 Å². The monoisotopic (exact) mass is 360 g/mol. The zero-order chi connectivity index (χ0) is 15.6. The fraction of sp³-hybridized carbons (Fsp3) is 0.400. The van der Waals surface area contributed by atoms with Gasteiger partial charge in [-0.25, -0.2) is 0 Å². The molecular weight excluding hydrogens is 340 g/mol. The van der Waals surface area contributed by atoms with E-state index in [1.165, 1.54) is 0 Å². The van der Waals surface area contributed by atoms with E-state index in [-0.39, 0.29) is 23.8 Å². The molecular formula is C10H20N2O8S2. The fourth-order valence-corrected chi connectivity index (χ4v) is 2.57. The second-order valence-corrected chi connectivity index (χ2v) is 5.79. The van der Waals surface area contributed by atoms with Crippen LogP contribution in [0, 0.1) is 0 Å². The summed E-state index contributed by atoms with van der Waals surface area (Å²) < 4.78 is 69.2. The molecule has 0 amide bonds. The van der Waals surface area contributed by atoms with Crippen molar-refractivity contribution < 1.29 is 34.3 Å². The van der Waals surface area contributed by atoms with Crippen molar-refractivity contribution in [2.45, 2.75) is 26.7 Å². The molecule has 0 saturated heterocycles. The van der Waals surface area contributed by atoms with Gasteiger partial charge >= 0.3 is 20.8 Å². The Morgan fingerprint density at radius 2 is 1.09 bits per heavy atom. The van der Waals surface area contributed by atoms with Gasteiger partial charge in [0.25, 0.3) is 0 Å². The summed E-state index contributed by atoms with van der Waals surface area (Å²) in [4.78, 5) is 0. The lowest BCUT2D eigenvalue weighted by Crippen LogP contribution is -2.12. The molecule has 0 spiro atoms. The first kappa shape index (κ1) is 22.8. The average Bonchev–Trinajstić information content (AvgIpc) is 2.26. The minimum atomic E-state index is -4.69. The number of hydrogen-bond acceptors (Lipinski definition) is 8. The van der Waals surface area contributed by atoms with Crippen LogP contribution in [0.2, 0.25) is 0 Å². The normalized spacial score (nSPS) is 11.1. The lowest BCUT2D eigenvalue weighted by Gasteiger charge is -2.15. The summed E-state index contributed by atoms with van der Waals surface area (Å²) in [6.07, 6.45) is 0.605. The lowest BCUT2D eigenvalue weighted by molar-refractivity contribution is 0.377. The molecule has 0 atom stereocenters. The first-order valence-electron chi connectivity index (χ1n) is 5.56. The molecule has 1 aromatic carbocycles. The number of hydrogen-bond donors (Lipinski definition) is 4. The maximum atomic E-state index is 10.7. The van der Waals surface area contributed by atoms with Crippen molar-refractivity contribution >= 4 is 20.8 Å². The molecule has 22 heavy (non-hydrogen) atoms. The lowest BCUT2D eigenvalue weighted by atomic mass is 10.0. The Morgan fingerprint density at radius 1 is 0.818 bits per heavy atom. The Morgan fingerprint density at radius 3 is 1.27 bits per heavy atom. The van der Waals surface area contributed by atoms with Gasteiger partial charge in [0.05, 0.1) is 0 Å². The van der Waals surface area contributed by atoms with Crippen LogP contribution in [0.25, 0.3) is 0 Å². The Balaban J connectivity index is 0. The van der Waals surface area contributed by atoms with Crippen LogP contribution in [0.4, 0.5) is 0 Å². The van der Waals surface area contributed by atoms with Crippen molar-refractivity contribution in [1.82, 2.24) is 12.3 Å². The Bertz CT molecular complexity index is 639. The van der Waals surface area contributed by atoms with Gasteiger partial charge in [0, 0.05) is 11.1 Å². The number of rotatable bonds is 6. The molecule has 0 unspecified atom stereocenters. The zero-order valence-corrected chi connectivity index (χ0v) is 13.8. The average molecular weight is 360 g/mol.